The Hall–Kier alpha value is -1.03. The third-order valence-electron chi connectivity index (χ3n) is 2.81. The quantitative estimate of drug-likeness (QED) is 0.710. The average molecular weight is 255 g/mol. The van der Waals surface area contributed by atoms with Gasteiger partial charge in [0.15, 0.2) is 0 Å². The molecule has 0 aromatic carbocycles. The molecule has 0 saturated carbocycles. The third kappa shape index (κ3) is 3.73. The lowest BCUT2D eigenvalue weighted by Crippen LogP contribution is -2.49. The zero-order valence-electron chi connectivity index (χ0n) is 12.3. The van der Waals surface area contributed by atoms with Crippen molar-refractivity contribution in [2.24, 2.45) is 0 Å². The van der Waals surface area contributed by atoms with E-state index < -0.39 is 11.3 Å². The second-order valence-corrected chi connectivity index (χ2v) is 6.07. The fourth-order valence-electron chi connectivity index (χ4n) is 2.03. The average Bonchev–Trinajstić information content (AvgIpc) is 2.48. The number of rotatable bonds is 2. The van der Waals surface area contributed by atoms with Gasteiger partial charge in [0.05, 0.1) is 12.6 Å². The Morgan fingerprint density at radius 3 is 2.61 bits per heavy atom. The highest BCUT2D eigenvalue weighted by molar-refractivity contribution is 5.69. The van der Waals surface area contributed by atoms with E-state index in [-0.39, 0.29) is 12.1 Å². The van der Waals surface area contributed by atoms with Crippen LogP contribution >= 0.6 is 0 Å². The molecule has 1 aliphatic heterocycles. The maximum absolute atomic E-state index is 12.2. The van der Waals surface area contributed by atoms with E-state index in [2.05, 4.69) is 0 Å². The predicted molar refractivity (Wildman–Crippen MR) is 71.3 cm³/mol. The molecule has 1 aliphatic rings. The summed E-state index contributed by atoms with van der Waals surface area (Å²) in [4.78, 5) is 14.0. The summed E-state index contributed by atoms with van der Waals surface area (Å²) >= 11 is 0. The van der Waals surface area contributed by atoms with E-state index in [1.165, 1.54) is 0 Å². The van der Waals surface area contributed by atoms with E-state index in [0.29, 0.717) is 6.61 Å². The van der Waals surface area contributed by atoms with Crippen LogP contribution in [0.3, 0.4) is 0 Å². The largest absolute Gasteiger partial charge is 0.444 e. The molecule has 0 spiro atoms. The molecule has 104 valence electrons. The number of allylic oxidation sites excluding steroid dienone is 1. The number of hydrogen-bond donors (Lipinski definition) is 0. The molecule has 1 atom stereocenters. The Balaban J connectivity index is 2.81. The van der Waals surface area contributed by atoms with Gasteiger partial charge in [-0.2, -0.15) is 0 Å². The second-order valence-electron chi connectivity index (χ2n) is 6.07. The van der Waals surface area contributed by atoms with Crippen LogP contribution in [-0.4, -0.2) is 35.0 Å². The lowest BCUT2D eigenvalue weighted by atomic mass is 10.1. The lowest BCUT2D eigenvalue weighted by Gasteiger charge is -2.34. The van der Waals surface area contributed by atoms with Gasteiger partial charge in [0.1, 0.15) is 11.3 Å². The first kappa shape index (κ1) is 15.0. The van der Waals surface area contributed by atoms with Gasteiger partial charge >= 0.3 is 6.09 Å². The van der Waals surface area contributed by atoms with Crippen molar-refractivity contribution in [1.29, 1.82) is 0 Å². The van der Waals surface area contributed by atoms with Crippen molar-refractivity contribution in [2.45, 2.75) is 65.3 Å². The van der Waals surface area contributed by atoms with Gasteiger partial charge in [-0.25, -0.2) is 4.79 Å². The maximum atomic E-state index is 12.2. The highest BCUT2D eigenvalue weighted by atomic mass is 16.6. The van der Waals surface area contributed by atoms with Crippen LogP contribution in [0.4, 0.5) is 4.79 Å². The molecule has 0 aliphatic carbocycles. The van der Waals surface area contributed by atoms with Gasteiger partial charge < -0.3 is 9.47 Å². The van der Waals surface area contributed by atoms with Crippen LogP contribution in [0, 0.1) is 0 Å². The van der Waals surface area contributed by atoms with Gasteiger partial charge in [0.25, 0.3) is 0 Å². The molecule has 1 fully saturated rings. The first-order valence-corrected chi connectivity index (χ1v) is 6.45. The second kappa shape index (κ2) is 5.31. The zero-order valence-corrected chi connectivity index (χ0v) is 12.3. The van der Waals surface area contributed by atoms with Crippen molar-refractivity contribution in [3.05, 3.63) is 12.2 Å². The van der Waals surface area contributed by atoms with Crippen LogP contribution < -0.4 is 0 Å². The normalized spacial score (nSPS) is 23.7. The minimum atomic E-state index is -0.603. The molecular formula is C14H25NO3. The number of nitrogens with zero attached hydrogens (tertiary/aromatic N) is 1. The topological polar surface area (TPSA) is 38.8 Å². The van der Waals surface area contributed by atoms with E-state index in [4.69, 9.17) is 9.47 Å². The lowest BCUT2D eigenvalue weighted by molar-refractivity contribution is -0.0623. The van der Waals surface area contributed by atoms with Crippen molar-refractivity contribution in [3.63, 3.8) is 0 Å². The maximum Gasteiger partial charge on any atom is 0.412 e. The summed E-state index contributed by atoms with van der Waals surface area (Å²) in [6.07, 6.45) is 4.52. The molecule has 1 unspecified atom stereocenters. The fourth-order valence-corrected chi connectivity index (χ4v) is 2.03. The van der Waals surface area contributed by atoms with Crippen LogP contribution in [0.15, 0.2) is 12.2 Å². The fraction of sp³-hybridized carbons (Fsp3) is 0.786. The third-order valence-corrected chi connectivity index (χ3v) is 2.81. The van der Waals surface area contributed by atoms with Crippen molar-refractivity contribution in [2.75, 3.05) is 6.61 Å². The molecular weight excluding hydrogens is 230 g/mol. The summed E-state index contributed by atoms with van der Waals surface area (Å²) in [6.45, 7) is 11.9. The van der Waals surface area contributed by atoms with Gasteiger partial charge in [-0.15, -0.1) is 0 Å². The molecule has 0 N–H and O–H groups in total. The highest BCUT2D eigenvalue weighted by Crippen LogP contribution is 2.30. The van der Waals surface area contributed by atoms with Gasteiger partial charge in [-0.3, -0.25) is 4.90 Å². The van der Waals surface area contributed by atoms with Gasteiger partial charge in [0, 0.05) is 0 Å². The van der Waals surface area contributed by atoms with Crippen molar-refractivity contribution in [3.8, 4) is 0 Å². The van der Waals surface area contributed by atoms with Crippen molar-refractivity contribution in [1.82, 2.24) is 4.90 Å². The molecule has 18 heavy (non-hydrogen) atoms. The van der Waals surface area contributed by atoms with Crippen LogP contribution in [-0.2, 0) is 9.47 Å². The monoisotopic (exact) mass is 255 g/mol. The van der Waals surface area contributed by atoms with Crippen molar-refractivity contribution >= 4 is 6.09 Å². The molecule has 0 bridgehead atoms. The Kier molecular flexibility index (Phi) is 4.43. The summed E-state index contributed by atoms with van der Waals surface area (Å²) in [5.74, 6) is 0. The van der Waals surface area contributed by atoms with Gasteiger partial charge in [-0.05, 0) is 48.0 Å². The van der Waals surface area contributed by atoms with Crippen LogP contribution in [0.25, 0.3) is 0 Å². The van der Waals surface area contributed by atoms with E-state index in [1.54, 1.807) is 4.90 Å². The first-order valence-electron chi connectivity index (χ1n) is 6.45. The molecule has 0 aromatic rings. The number of ether oxygens (including phenoxy) is 2. The number of hydrogen-bond acceptors (Lipinski definition) is 3. The number of carbonyl (C=O) groups excluding carboxylic acids is 1. The minimum absolute atomic E-state index is 0.0473. The first-order chi connectivity index (χ1) is 8.17. The molecule has 1 amide bonds. The van der Waals surface area contributed by atoms with Gasteiger partial charge in [-0.1, -0.05) is 12.2 Å². The summed E-state index contributed by atoms with van der Waals surface area (Å²) in [7, 11) is 0. The van der Waals surface area contributed by atoms with Gasteiger partial charge in [0.2, 0.25) is 0 Å². The minimum Gasteiger partial charge on any atom is -0.444 e. The smallest absolute Gasteiger partial charge is 0.412 e. The Morgan fingerprint density at radius 2 is 2.11 bits per heavy atom. The molecule has 1 rings (SSSR count). The number of amides is 1. The molecule has 4 heteroatoms. The molecule has 4 nitrogen and oxygen atoms in total. The Morgan fingerprint density at radius 1 is 1.50 bits per heavy atom. The SMILES string of the molecule is C/C=C/CC1COC(C)(C)N1C(=O)OC(C)(C)C. The van der Waals surface area contributed by atoms with Crippen LogP contribution in [0.2, 0.25) is 0 Å². The summed E-state index contributed by atoms with van der Waals surface area (Å²) in [5.41, 5.74) is -1.09. The van der Waals surface area contributed by atoms with E-state index in [9.17, 15) is 4.79 Å². The van der Waals surface area contributed by atoms with E-state index in [1.807, 2.05) is 53.7 Å². The Labute approximate surface area is 110 Å². The van der Waals surface area contributed by atoms with Crippen LogP contribution in [0.5, 0.6) is 0 Å². The standard InChI is InChI=1S/C14H25NO3/c1-7-8-9-11-10-17-14(5,6)15(11)12(16)18-13(2,3)4/h7-8,11H,9-10H2,1-6H3/b8-7+. The summed E-state index contributed by atoms with van der Waals surface area (Å²) in [6, 6.07) is 0.0473. The van der Waals surface area contributed by atoms with Crippen molar-refractivity contribution < 1.29 is 14.3 Å². The van der Waals surface area contributed by atoms with Crippen LogP contribution in [0.1, 0.15) is 48.0 Å². The Bertz CT molecular complexity index is 328. The number of carbonyl (C=O) groups is 1. The summed E-state index contributed by atoms with van der Waals surface area (Å²) in [5, 5.41) is 0. The summed E-state index contributed by atoms with van der Waals surface area (Å²) < 4.78 is 11.1. The molecule has 0 radical (unpaired) electrons. The van der Waals surface area contributed by atoms with E-state index >= 15 is 0 Å². The zero-order chi connectivity index (χ0) is 14.0. The van der Waals surface area contributed by atoms with E-state index in [0.717, 1.165) is 6.42 Å². The molecule has 1 saturated heterocycles. The predicted octanol–water partition coefficient (Wildman–Crippen LogP) is 3.32. The molecule has 0 aromatic heterocycles. The highest BCUT2D eigenvalue weighted by Gasteiger charge is 2.44. The molecule has 1 heterocycles.